The van der Waals surface area contributed by atoms with Crippen LogP contribution in [0.5, 0.6) is 0 Å². The summed E-state index contributed by atoms with van der Waals surface area (Å²) in [5.74, 6) is 0. The number of hydrogen-bond donors (Lipinski definition) is 1. The van der Waals surface area contributed by atoms with Gasteiger partial charge < -0.3 is 5.73 Å². The minimum absolute atomic E-state index is 0.755. The summed E-state index contributed by atoms with van der Waals surface area (Å²) >= 11 is 7.70. The number of nitrogens with two attached hydrogens (primary N) is 1. The van der Waals surface area contributed by atoms with Gasteiger partial charge in [-0.2, -0.15) is 0 Å². The molecule has 0 spiro atoms. The van der Waals surface area contributed by atoms with E-state index in [-0.39, 0.29) is 0 Å². The first kappa shape index (κ1) is 10.5. The van der Waals surface area contributed by atoms with Crippen LogP contribution in [0.2, 0.25) is 5.02 Å². The highest BCUT2D eigenvalue weighted by molar-refractivity contribution is 7.09. The SMILES string of the molecule is Nc1ccc(Cl)cc1CCc1cccs1. The van der Waals surface area contributed by atoms with Crippen molar-refractivity contribution in [1.82, 2.24) is 0 Å². The Hall–Kier alpha value is -0.990. The molecule has 0 aliphatic heterocycles. The van der Waals surface area contributed by atoms with E-state index in [9.17, 15) is 0 Å². The average Bonchev–Trinajstić information content (AvgIpc) is 2.72. The summed E-state index contributed by atoms with van der Waals surface area (Å²) in [6.07, 6.45) is 1.98. The van der Waals surface area contributed by atoms with Crippen molar-refractivity contribution in [2.24, 2.45) is 0 Å². The van der Waals surface area contributed by atoms with Gasteiger partial charge in [-0.3, -0.25) is 0 Å². The molecule has 3 heteroatoms. The fourth-order valence-corrected chi connectivity index (χ4v) is 2.41. The summed E-state index contributed by atoms with van der Waals surface area (Å²) in [5, 5.41) is 2.85. The molecule has 0 saturated heterocycles. The van der Waals surface area contributed by atoms with Crippen LogP contribution in [0.1, 0.15) is 10.4 Å². The molecule has 0 aliphatic rings. The van der Waals surface area contributed by atoms with Crippen molar-refractivity contribution in [3.05, 3.63) is 51.2 Å². The van der Waals surface area contributed by atoms with Crippen LogP contribution in [0.15, 0.2) is 35.7 Å². The highest BCUT2D eigenvalue weighted by Gasteiger charge is 2.01. The highest BCUT2D eigenvalue weighted by Crippen LogP contribution is 2.20. The van der Waals surface area contributed by atoms with Gasteiger partial charge in [0.1, 0.15) is 0 Å². The summed E-state index contributed by atoms with van der Waals surface area (Å²) in [6.45, 7) is 0. The van der Waals surface area contributed by atoms with Crippen LogP contribution < -0.4 is 5.73 Å². The zero-order valence-electron chi connectivity index (χ0n) is 8.24. The van der Waals surface area contributed by atoms with Gasteiger partial charge in [0.15, 0.2) is 0 Å². The van der Waals surface area contributed by atoms with Crippen molar-refractivity contribution in [1.29, 1.82) is 0 Å². The van der Waals surface area contributed by atoms with Gasteiger partial charge >= 0.3 is 0 Å². The number of halogens is 1. The summed E-state index contributed by atoms with van der Waals surface area (Å²) in [5.41, 5.74) is 7.84. The first-order chi connectivity index (χ1) is 7.25. The Bertz CT molecular complexity index is 437. The number of rotatable bonds is 3. The zero-order valence-corrected chi connectivity index (χ0v) is 9.81. The van der Waals surface area contributed by atoms with Gasteiger partial charge in [-0.1, -0.05) is 17.7 Å². The average molecular weight is 238 g/mol. The van der Waals surface area contributed by atoms with Crippen molar-refractivity contribution in [3.63, 3.8) is 0 Å². The van der Waals surface area contributed by atoms with E-state index >= 15 is 0 Å². The molecular formula is C12H12ClNS. The number of hydrogen-bond acceptors (Lipinski definition) is 2. The van der Waals surface area contributed by atoms with E-state index < -0.39 is 0 Å². The van der Waals surface area contributed by atoms with E-state index in [0.717, 1.165) is 29.1 Å². The lowest BCUT2D eigenvalue weighted by atomic mass is 10.1. The summed E-state index contributed by atoms with van der Waals surface area (Å²) in [4.78, 5) is 1.38. The molecule has 1 nitrogen and oxygen atoms in total. The number of thiophene rings is 1. The van der Waals surface area contributed by atoms with E-state index in [1.807, 2.05) is 18.2 Å². The lowest BCUT2D eigenvalue weighted by Gasteiger charge is -2.04. The summed E-state index contributed by atoms with van der Waals surface area (Å²) in [7, 11) is 0. The molecule has 0 fully saturated rings. The van der Waals surface area contributed by atoms with E-state index in [2.05, 4.69) is 17.5 Å². The van der Waals surface area contributed by atoms with Crippen LogP contribution in [0.25, 0.3) is 0 Å². The van der Waals surface area contributed by atoms with Crippen LogP contribution in [0.3, 0.4) is 0 Å². The Morgan fingerprint density at radius 2 is 2.07 bits per heavy atom. The molecule has 0 bridgehead atoms. The number of anilines is 1. The third kappa shape index (κ3) is 2.74. The molecule has 0 saturated carbocycles. The fraction of sp³-hybridized carbons (Fsp3) is 0.167. The van der Waals surface area contributed by atoms with Crippen molar-refractivity contribution >= 4 is 28.6 Å². The second-order valence-electron chi connectivity index (χ2n) is 3.42. The Morgan fingerprint density at radius 3 is 2.80 bits per heavy atom. The van der Waals surface area contributed by atoms with Gasteiger partial charge in [-0.05, 0) is 48.1 Å². The molecule has 0 radical (unpaired) electrons. The predicted molar refractivity (Wildman–Crippen MR) is 67.6 cm³/mol. The molecule has 78 valence electrons. The number of nitrogen functional groups attached to an aromatic ring is 1. The highest BCUT2D eigenvalue weighted by atomic mass is 35.5. The quantitative estimate of drug-likeness (QED) is 0.808. The minimum Gasteiger partial charge on any atom is -0.399 e. The maximum atomic E-state index is 5.92. The molecule has 2 rings (SSSR count). The maximum Gasteiger partial charge on any atom is 0.0410 e. The fourth-order valence-electron chi connectivity index (χ4n) is 1.50. The summed E-state index contributed by atoms with van der Waals surface area (Å²) < 4.78 is 0. The second-order valence-corrected chi connectivity index (χ2v) is 4.89. The lowest BCUT2D eigenvalue weighted by molar-refractivity contribution is 0.984. The predicted octanol–water partition coefficient (Wildman–Crippen LogP) is 3.77. The molecule has 1 aromatic carbocycles. The summed E-state index contributed by atoms with van der Waals surface area (Å²) in [6, 6.07) is 9.86. The minimum atomic E-state index is 0.755. The van der Waals surface area contributed by atoms with Crippen LogP contribution in [0, 0.1) is 0 Å². The van der Waals surface area contributed by atoms with Gasteiger partial charge in [0, 0.05) is 15.6 Å². The molecule has 1 heterocycles. The molecule has 0 amide bonds. The molecule has 2 aromatic rings. The molecule has 1 aromatic heterocycles. The van der Waals surface area contributed by atoms with Crippen molar-refractivity contribution < 1.29 is 0 Å². The smallest absolute Gasteiger partial charge is 0.0410 e. The Morgan fingerprint density at radius 1 is 1.20 bits per heavy atom. The largest absolute Gasteiger partial charge is 0.399 e. The second kappa shape index (κ2) is 4.69. The Labute approximate surface area is 98.5 Å². The topological polar surface area (TPSA) is 26.0 Å². The Balaban J connectivity index is 2.07. The molecule has 0 atom stereocenters. The van der Waals surface area contributed by atoms with Gasteiger partial charge in [0.25, 0.3) is 0 Å². The van der Waals surface area contributed by atoms with Crippen molar-refractivity contribution in [3.8, 4) is 0 Å². The lowest BCUT2D eigenvalue weighted by Crippen LogP contribution is -1.96. The first-order valence-corrected chi connectivity index (χ1v) is 6.08. The molecular weight excluding hydrogens is 226 g/mol. The van der Waals surface area contributed by atoms with Crippen LogP contribution in [-0.4, -0.2) is 0 Å². The number of benzene rings is 1. The third-order valence-corrected chi connectivity index (χ3v) is 3.50. The molecule has 15 heavy (non-hydrogen) atoms. The monoisotopic (exact) mass is 237 g/mol. The van der Waals surface area contributed by atoms with Gasteiger partial charge in [0.05, 0.1) is 0 Å². The van der Waals surface area contributed by atoms with Crippen molar-refractivity contribution in [2.45, 2.75) is 12.8 Å². The number of aryl methyl sites for hydroxylation is 2. The van der Waals surface area contributed by atoms with Gasteiger partial charge in [-0.15, -0.1) is 11.3 Å². The van der Waals surface area contributed by atoms with Crippen LogP contribution >= 0.6 is 22.9 Å². The van der Waals surface area contributed by atoms with E-state index in [1.165, 1.54) is 4.88 Å². The zero-order chi connectivity index (χ0) is 10.7. The standard InChI is InChI=1S/C12H12ClNS/c13-10-4-6-12(14)9(8-10)3-5-11-2-1-7-15-11/h1-2,4,6-8H,3,5,14H2. The molecule has 0 aliphatic carbocycles. The normalized spacial score (nSPS) is 10.5. The van der Waals surface area contributed by atoms with E-state index in [0.29, 0.717) is 0 Å². The van der Waals surface area contributed by atoms with E-state index in [1.54, 1.807) is 11.3 Å². The van der Waals surface area contributed by atoms with Gasteiger partial charge in [0.2, 0.25) is 0 Å². The van der Waals surface area contributed by atoms with E-state index in [4.69, 9.17) is 17.3 Å². The molecule has 0 unspecified atom stereocenters. The maximum absolute atomic E-state index is 5.92. The Kier molecular flexibility index (Phi) is 3.29. The van der Waals surface area contributed by atoms with Crippen LogP contribution in [-0.2, 0) is 12.8 Å². The first-order valence-electron chi connectivity index (χ1n) is 4.82. The molecule has 2 N–H and O–H groups in total. The van der Waals surface area contributed by atoms with Gasteiger partial charge in [-0.25, -0.2) is 0 Å². The third-order valence-electron chi connectivity index (χ3n) is 2.33. The van der Waals surface area contributed by atoms with Crippen LogP contribution in [0.4, 0.5) is 5.69 Å². The van der Waals surface area contributed by atoms with Crippen molar-refractivity contribution in [2.75, 3.05) is 5.73 Å².